The van der Waals surface area contributed by atoms with E-state index in [4.69, 9.17) is 4.43 Å². The predicted octanol–water partition coefficient (Wildman–Crippen LogP) is 4.03. The summed E-state index contributed by atoms with van der Waals surface area (Å²) in [7, 11) is -1.75. The van der Waals surface area contributed by atoms with Gasteiger partial charge in [0.1, 0.15) is 5.69 Å². The third-order valence-electron chi connectivity index (χ3n) is 3.79. The summed E-state index contributed by atoms with van der Waals surface area (Å²) in [5.41, 5.74) is 0.635. The smallest absolute Gasteiger partial charge is 0.292 e. The summed E-state index contributed by atoms with van der Waals surface area (Å²) in [6.45, 7) is 12.1. The highest BCUT2D eigenvalue weighted by Gasteiger charge is 2.36. The molecule has 0 aliphatic rings. The molecule has 0 radical (unpaired) electrons. The van der Waals surface area contributed by atoms with Crippen LogP contribution >= 0.6 is 0 Å². The van der Waals surface area contributed by atoms with Gasteiger partial charge in [0.2, 0.25) is 0 Å². The van der Waals surface area contributed by atoms with Crippen molar-refractivity contribution in [3.05, 3.63) is 34.4 Å². The molecule has 0 bridgehead atoms. The first kappa shape index (κ1) is 16.7. The highest BCUT2D eigenvalue weighted by atomic mass is 28.4. The molecule has 0 unspecified atom stereocenters. The molecular weight excluding hydrogens is 272 g/mol. The molecule has 1 aromatic rings. The molecular formula is C14H24N2O3Si. The van der Waals surface area contributed by atoms with Gasteiger partial charge in [-0.15, -0.1) is 0 Å². The van der Waals surface area contributed by atoms with Crippen LogP contribution < -0.4 is 5.32 Å². The van der Waals surface area contributed by atoms with Crippen molar-refractivity contribution in [1.29, 1.82) is 0 Å². The second-order valence-corrected chi connectivity index (χ2v) is 11.1. The van der Waals surface area contributed by atoms with Gasteiger partial charge in [-0.05, 0) is 24.2 Å². The van der Waals surface area contributed by atoms with Crippen LogP contribution in [0.1, 0.15) is 20.8 Å². The molecule has 0 aromatic heterocycles. The van der Waals surface area contributed by atoms with Crippen LogP contribution in [0.25, 0.3) is 0 Å². The fraction of sp³-hybridized carbons (Fsp3) is 0.571. The molecule has 1 rings (SSSR count). The molecule has 0 aliphatic heterocycles. The van der Waals surface area contributed by atoms with Gasteiger partial charge in [0.15, 0.2) is 8.32 Å². The monoisotopic (exact) mass is 296 g/mol. The average Bonchev–Trinajstić information content (AvgIpc) is 2.33. The van der Waals surface area contributed by atoms with Crippen LogP contribution in [0.2, 0.25) is 18.1 Å². The SMILES string of the molecule is CC(C)(C)[Si](C)(C)OCCNc1ccccc1[N+](=O)[O-]. The fourth-order valence-corrected chi connectivity index (χ4v) is 2.54. The van der Waals surface area contributed by atoms with E-state index >= 15 is 0 Å². The lowest BCUT2D eigenvalue weighted by Gasteiger charge is -2.36. The number of rotatable bonds is 6. The number of hydrogen-bond donors (Lipinski definition) is 1. The van der Waals surface area contributed by atoms with E-state index in [-0.39, 0.29) is 15.6 Å². The normalized spacial score (nSPS) is 12.2. The third kappa shape index (κ3) is 4.31. The van der Waals surface area contributed by atoms with Crippen LogP contribution in [0.4, 0.5) is 11.4 Å². The van der Waals surface area contributed by atoms with Crippen molar-refractivity contribution in [2.24, 2.45) is 0 Å². The molecule has 0 atom stereocenters. The van der Waals surface area contributed by atoms with Crippen LogP contribution in [-0.2, 0) is 4.43 Å². The van der Waals surface area contributed by atoms with Gasteiger partial charge >= 0.3 is 0 Å². The number of nitrogens with one attached hydrogen (secondary N) is 1. The van der Waals surface area contributed by atoms with Gasteiger partial charge in [-0.2, -0.15) is 0 Å². The number of nitrogens with zero attached hydrogens (tertiary/aromatic N) is 1. The van der Waals surface area contributed by atoms with E-state index in [2.05, 4.69) is 39.2 Å². The zero-order valence-corrected chi connectivity index (χ0v) is 13.9. The van der Waals surface area contributed by atoms with E-state index in [1.54, 1.807) is 18.2 Å². The summed E-state index contributed by atoms with van der Waals surface area (Å²) in [5.74, 6) is 0. The molecule has 0 spiro atoms. The molecule has 0 aliphatic carbocycles. The average molecular weight is 296 g/mol. The van der Waals surface area contributed by atoms with Gasteiger partial charge in [-0.1, -0.05) is 32.9 Å². The zero-order valence-electron chi connectivity index (χ0n) is 12.9. The van der Waals surface area contributed by atoms with Crippen molar-refractivity contribution in [1.82, 2.24) is 0 Å². The largest absolute Gasteiger partial charge is 0.415 e. The molecule has 5 nitrogen and oxygen atoms in total. The van der Waals surface area contributed by atoms with Crippen molar-refractivity contribution >= 4 is 19.7 Å². The van der Waals surface area contributed by atoms with Crippen molar-refractivity contribution in [2.75, 3.05) is 18.5 Å². The Morgan fingerprint density at radius 3 is 2.45 bits per heavy atom. The predicted molar refractivity (Wildman–Crippen MR) is 84.7 cm³/mol. The Morgan fingerprint density at radius 1 is 1.30 bits per heavy atom. The second kappa shape index (κ2) is 6.36. The number of para-hydroxylation sites is 2. The molecule has 1 aromatic carbocycles. The van der Waals surface area contributed by atoms with E-state index in [9.17, 15) is 10.1 Å². The first-order chi connectivity index (χ1) is 9.15. The topological polar surface area (TPSA) is 64.4 Å². The summed E-state index contributed by atoms with van der Waals surface area (Å²) in [4.78, 5) is 10.5. The number of nitro groups is 1. The molecule has 20 heavy (non-hydrogen) atoms. The minimum atomic E-state index is -1.75. The quantitative estimate of drug-likeness (QED) is 0.372. The van der Waals surface area contributed by atoms with E-state index < -0.39 is 8.32 Å². The van der Waals surface area contributed by atoms with E-state index in [1.165, 1.54) is 6.07 Å². The molecule has 1 N–H and O–H groups in total. The van der Waals surface area contributed by atoms with Crippen LogP contribution in [-0.4, -0.2) is 26.4 Å². The molecule has 0 heterocycles. The van der Waals surface area contributed by atoms with Crippen LogP contribution in [0.15, 0.2) is 24.3 Å². The van der Waals surface area contributed by atoms with Crippen LogP contribution in [0.3, 0.4) is 0 Å². The molecule has 0 fully saturated rings. The van der Waals surface area contributed by atoms with E-state index in [0.29, 0.717) is 18.8 Å². The molecule has 0 saturated carbocycles. The van der Waals surface area contributed by atoms with Gasteiger partial charge in [-0.3, -0.25) is 10.1 Å². The lowest BCUT2D eigenvalue weighted by molar-refractivity contribution is -0.384. The summed E-state index contributed by atoms with van der Waals surface area (Å²) in [5, 5.41) is 14.1. The summed E-state index contributed by atoms with van der Waals surface area (Å²) >= 11 is 0. The first-order valence-corrected chi connectivity index (χ1v) is 9.67. The van der Waals surface area contributed by atoms with Crippen LogP contribution in [0.5, 0.6) is 0 Å². The van der Waals surface area contributed by atoms with Crippen molar-refractivity contribution in [2.45, 2.75) is 38.9 Å². The third-order valence-corrected chi connectivity index (χ3v) is 8.33. The Morgan fingerprint density at radius 2 is 1.90 bits per heavy atom. The first-order valence-electron chi connectivity index (χ1n) is 6.76. The highest BCUT2D eigenvalue weighted by Crippen LogP contribution is 2.36. The Kier molecular flexibility index (Phi) is 5.30. The lowest BCUT2D eigenvalue weighted by atomic mass is 10.2. The second-order valence-electron chi connectivity index (χ2n) is 6.31. The lowest BCUT2D eigenvalue weighted by Crippen LogP contribution is -2.41. The summed E-state index contributed by atoms with van der Waals surface area (Å²) in [6, 6.07) is 6.65. The maximum absolute atomic E-state index is 10.9. The van der Waals surface area contributed by atoms with Crippen molar-refractivity contribution in [3.8, 4) is 0 Å². The number of anilines is 1. The molecule has 112 valence electrons. The van der Waals surface area contributed by atoms with Gasteiger partial charge in [0.25, 0.3) is 5.69 Å². The van der Waals surface area contributed by atoms with E-state index in [1.807, 2.05) is 0 Å². The van der Waals surface area contributed by atoms with Crippen molar-refractivity contribution < 1.29 is 9.35 Å². The maximum Gasteiger partial charge on any atom is 0.292 e. The number of nitro benzene ring substituents is 1. The van der Waals surface area contributed by atoms with Gasteiger partial charge in [0, 0.05) is 12.6 Å². The molecule has 0 saturated heterocycles. The van der Waals surface area contributed by atoms with Crippen molar-refractivity contribution in [3.63, 3.8) is 0 Å². The summed E-state index contributed by atoms with van der Waals surface area (Å²) in [6.07, 6.45) is 0. The number of benzene rings is 1. The Labute approximate surface area is 121 Å². The fourth-order valence-electron chi connectivity index (χ4n) is 1.49. The zero-order chi connectivity index (χ0) is 15.4. The van der Waals surface area contributed by atoms with Crippen LogP contribution in [0, 0.1) is 10.1 Å². The van der Waals surface area contributed by atoms with E-state index in [0.717, 1.165) is 0 Å². The number of hydrogen-bond acceptors (Lipinski definition) is 4. The van der Waals surface area contributed by atoms with Gasteiger partial charge in [-0.25, -0.2) is 0 Å². The Bertz CT molecular complexity index is 470. The van der Waals surface area contributed by atoms with Gasteiger partial charge in [0.05, 0.1) is 11.5 Å². The Balaban J connectivity index is 2.52. The minimum Gasteiger partial charge on any atom is -0.415 e. The molecule has 0 amide bonds. The highest BCUT2D eigenvalue weighted by molar-refractivity contribution is 6.74. The van der Waals surface area contributed by atoms with Gasteiger partial charge < -0.3 is 9.74 Å². The molecule has 6 heteroatoms. The standard InChI is InChI=1S/C14H24N2O3Si/c1-14(2,3)20(4,5)19-11-10-15-12-8-6-7-9-13(12)16(17)18/h6-9,15H,10-11H2,1-5H3. The Hall–Kier alpha value is -1.40. The summed E-state index contributed by atoms with van der Waals surface area (Å²) < 4.78 is 6.02. The minimum absolute atomic E-state index is 0.0971. The maximum atomic E-state index is 10.9.